The van der Waals surface area contributed by atoms with Crippen molar-refractivity contribution in [3.63, 3.8) is 0 Å². The van der Waals surface area contributed by atoms with Crippen LogP contribution in [0.25, 0.3) is 11.0 Å². The number of carbonyl (C=O) groups is 1. The van der Waals surface area contributed by atoms with Gasteiger partial charge in [0.1, 0.15) is 6.61 Å². The summed E-state index contributed by atoms with van der Waals surface area (Å²) in [5.74, 6) is -0.456. The first-order valence-corrected chi connectivity index (χ1v) is 8.61. The van der Waals surface area contributed by atoms with E-state index in [1.165, 1.54) is 0 Å². The normalized spacial score (nSPS) is 10.7. The number of carbonyl (C=O) groups excluding carboxylic acids is 1. The number of H-pyrrole nitrogens is 1. The van der Waals surface area contributed by atoms with Crippen molar-refractivity contribution in [1.82, 2.24) is 15.0 Å². The van der Waals surface area contributed by atoms with Crippen LogP contribution >= 0.6 is 0 Å². The van der Waals surface area contributed by atoms with Crippen LogP contribution in [0.15, 0.2) is 67.0 Å². The molecule has 0 aliphatic heterocycles. The van der Waals surface area contributed by atoms with Gasteiger partial charge >= 0.3 is 5.97 Å². The quantitative estimate of drug-likeness (QED) is 0.283. The molecular weight excluding hydrogens is 354 g/mol. The number of imidazole rings is 1. The Morgan fingerprint density at radius 2 is 1.86 bits per heavy atom. The van der Waals surface area contributed by atoms with Crippen LogP contribution in [-0.4, -0.2) is 26.6 Å². The Hall–Kier alpha value is -4.00. The number of aromatic nitrogens is 3. The Bertz CT molecular complexity index is 1150. The predicted molar refractivity (Wildman–Crippen MR) is 106 cm³/mol. The van der Waals surface area contributed by atoms with E-state index in [1.54, 1.807) is 36.7 Å². The van der Waals surface area contributed by atoms with Crippen LogP contribution in [0.4, 0.5) is 5.69 Å². The molecule has 0 bridgehead atoms. The van der Waals surface area contributed by atoms with E-state index in [-0.39, 0.29) is 18.1 Å². The molecule has 4 aromatic rings. The Morgan fingerprint density at radius 1 is 1.11 bits per heavy atom. The van der Waals surface area contributed by atoms with Gasteiger partial charge in [-0.3, -0.25) is 10.4 Å². The Balaban J connectivity index is 1.59. The van der Waals surface area contributed by atoms with Crippen molar-refractivity contribution in [3.8, 4) is 0 Å². The highest BCUT2D eigenvalue weighted by atomic mass is 16.5. The fourth-order valence-corrected chi connectivity index (χ4v) is 2.85. The van der Waals surface area contributed by atoms with Gasteiger partial charge in [-0.15, -0.1) is 0 Å². The van der Waals surface area contributed by atoms with Crippen LogP contribution in [0, 0.1) is 5.41 Å². The first-order valence-electron chi connectivity index (χ1n) is 8.61. The minimum absolute atomic E-state index is 0.0953. The SMILES string of the molecule is N=C(c1ccncc1)c1cc2[nH]c(C(=O)OCc3ccccc3)nc2cc1N. The molecule has 0 unspecified atom stereocenters. The molecule has 0 radical (unpaired) electrons. The number of nitrogens with two attached hydrogens (primary N) is 1. The number of nitrogens with zero attached hydrogens (tertiary/aromatic N) is 2. The fourth-order valence-electron chi connectivity index (χ4n) is 2.85. The number of esters is 1. The second kappa shape index (κ2) is 7.32. The van der Waals surface area contributed by atoms with Crippen LogP contribution < -0.4 is 5.73 Å². The molecule has 2 heterocycles. The van der Waals surface area contributed by atoms with E-state index in [1.807, 2.05) is 30.3 Å². The third kappa shape index (κ3) is 3.45. The van der Waals surface area contributed by atoms with Gasteiger partial charge in [0, 0.05) is 29.2 Å². The van der Waals surface area contributed by atoms with Crippen LogP contribution in [-0.2, 0) is 11.3 Å². The minimum atomic E-state index is -0.551. The van der Waals surface area contributed by atoms with Gasteiger partial charge in [0.15, 0.2) is 0 Å². The molecule has 0 saturated heterocycles. The molecule has 0 fully saturated rings. The number of ether oxygens (including phenoxy) is 1. The monoisotopic (exact) mass is 371 g/mol. The number of nitrogen functional groups attached to an aromatic ring is 1. The number of hydrogen-bond acceptors (Lipinski definition) is 6. The molecule has 0 spiro atoms. The van der Waals surface area contributed by atoms with Crippen molar-refractivity contribution < 1.29 is 9.53 Å². The van der Waals surface area contributed by atoms with Crippen molar-refractivity contribution >= 4 is 28.4 Å². The molecular formula is C21H17N5O2. The van der Waals surface area contributed by atoms with Gasteiger partial charge in [-0.2, -0.15) is 0 Å². The summed E-state index contributed by atoms with van der Waals surface area (Å²) in [4.78, 5) is 23.5. The summed E-state index contributed by atoms with van der Waals surface area (Å²) in [6, 6.07) is 16.3. The van der Waals surface area contributed by atoms with Crippen LogP contribution in [0.1, 0.15) is 27.3 Å². The Labute approximate surface area is 160 Å². The zero-order valence-corrected chi connectivity index (χ0v) is 14.8. The van der Waals surface area contributed by atoms with Crippen LogP contribution in [0.3, 0.4) is 0 Å². The number of anilines is 1. The van der Waals surface area contributed by atoms with Crippen LogP contribution in [0.2, 0.25) is 0 Å². The van der Waals surface area contributed by atoms with E-state index in [2.05, 4.69) is 15.0 Å². The van der Waals surface area contributed by atoms with E-state index in [0.717, 1.165) is 5.56 Å². The van der Waals surface area contributed by atoms with E-state index < -0.39 is 5.97 Å². The highest BCUT2D eigenvalue weighted by Gasteiger charge is 2.16. The van der Waals surface area contributed by atoms with Gasteiger partial charge in [0.05, 0.1) is 16.7 Å². The van der Waals surface area contributed by atoms with Gasteiger partial charge in [-0.25, -0.2) is 9.78 Å². The third-order valence-electron chi connectivity index (χ3n) is 4.30. The Kier molecular flexibility index (Phi) is 4.55. The molecule has 138 valence electrons. The van der Waals surface area contributed by atoms with Gasteiger partial charge in [-0.05, 0) is 29.8 Å². The van der Waals surface area contributed by atoms with Crippen molar-refractivity contribution in [2.45, 2.75) is 6.61 Å². The molecule has 0 saturated carbocycles. The fraction of sp³-hybridized carbons (Fsp3) is 0.0476. The molecule has 7 heteroatoms. The second-order valence-corrected chi connectivity index (χ2v) is 6.21. The second-order valence-electron chi connectivity index (χ2n) is 6.21. The summed E-state index contributed by atoms with van der Waals surface area (Å²) < 4.78 is 5.31. The number of rotatable bonds is 5. The van der Waals surface area contributed by atoms with Crippen molar-refractivity contribution in [2.75, 3.05) is 5.73 Å². The standard InChI is InChI=1S/C21H17N5O2/c22-16-11-18-17(10-15(16)19(23)14-6-8-24-9-7-14)25-20(26-18)21(27)28-12-13-4-2-1-3-5-13/h1-11,23H,12,22H2,(H,25,26). The largest absolute Gasteiger partial charge is 0.455 e. The minimum Gasteiger partial charge on any atom is -0.455 e. The van der Waals surface area contributed by atoms with Gasteiger partial charge in [0.25, 0.3) is 0 Å². The summed E-state index contributed by atoms with van der Waals surface area (Å²) >= 11 is 0. The summed E-state index contributed by atoms with van der Waals surface area (Å²) in [5.41, 5.74) is 10.1. The lowest BCUT2D eigenvalue weighted by Gasteiger charge is -2.07. The number of benzene rings is 2. The average molecular weight is 371 g/mol. The topological polar surface area (TPSA) is 118 Å². The molecule has 0 amide bonds. The first-order chi connectivity index (χ1) is 13.6. The summed E-state index contributed by atoms with van der Waals surface area (Å²) in [6.07, 6.45) is 3.24. The number of hydrogen-bond donors (Lipinski definition) is 3. The average Bonchev–Trinajstić information content (AvgIpc) is 3.15. The molecule has 28 heavy (non-hydrogen) atoms. The molecule has 7 nitrogen and oxygen atoms in total. The number of pyridine rings is 1. The summed E-state index contributed by atoms with van der Waals surface area (Å²) in [6.45, 7) is 0.163. The molecule has 0 aliphatic carbocycles. The van der Waals surface area contributed by atoms with Crippen LogP contribution in [0.5, 0.6) is 0 Å². The molecule has 0 aliphatic rings. The van der Waals surface area contributed by atoms with Crippen molar-refractivity contribution in [2.24, 2.45) is 0 Å². The van der Waals surface area contributed by atoms with Gasteiger partial charge < -0.3 is 15.5 Å². The van der Waals surface area contributed by atoms with E-state index in [0.29, 0.717) is 27.8 Å². The van der Waals surface area contributed by atoms with Crippen molar-refractivity contribution in [3.05, 3.63) is 89.5 Å². The maximum atomic E-state index is 12.3. The van der Waals surface area contributed by atoms with E-state index in [4.69, 9.17) is 15.9 Å². The third-order valence-corrected chi connectivity index (χ3v) is 4.30. The summed E-state index contributed by atoms with van der Waals surface area (Å²) in [7, 11) is 0. The van der Waals surface area contributed by atoms with Crippen molar-refractivity contribution in [1.29, 1.82) is 5.41 Å². The van der Waals surface area contributed by atoms with E-state index >= 15 is 0 Å². The molecule has 4 N–H and O–H groups in total. The molecule has 2 aromatic heterocycles. The number of aromatic amines is 1. The molecule has 2 aromatic carbocycles. The highest BCUT2D eigenvalue weighted by molar-refractivity contribution is 6.15. The maximum Gasteiger partial charge on any atom is 0.374 e. The lowest BCUT2D eigenvalue weighted by molar-refractivity contribution is 0.0460. The zero-order valence-electron chi connectivity index (χ0n) is 14.8. The highest BCUT2D eigenvalue weighted by Crippen LogP contribution is 2.23. The lowest BCUT2D eigenvalue weighted by Crippen LogP contribution is -2.07. The smallest absolute Gasteiger partial charge is 0.374 e. The maximum absolute atomic E-state index is 12.3. The molecule has 0 atom stereocenters. The molecule has 4 rings (SSSR count). The van der Waals surface area contributed by atoms with Gasteiger partial charge in [-0.1, -0.05) is 30.3 Å². The lowest BCUT2D eigenvalue weighted by atomic mass is 10.0. The van der Waals surface area contributed by atoms with E-state index in [9.17, 15) is 4.79 Å². The predicted octanol–water partition coefficient (Wildman–Crippen LogP) is 3.31. The first kappa shape index (κ1) is 17.4. The Morgan fingerprint density at radius 3 is 2.61 bits per heavy atom. The zero-order chi connectivity index (χ0) is 19.5. The number of nitrogens with one attached hydrogen (secondary N) is 2. The number of fused-ring (bicyclic) bond motifs is 1. The summed E-state index contributed by atoms with van der Waals surface area (Å²) in [5, 5.41) is 8.41. The van der Waals surface area contributed by atoms with Gasteiger partial charge in [0.2, 0.25) is 5.82 Å².